The third-order valence-electron chi connectivity index (χ3n) is 6.77. The van der Waals surface area contributed by atoms with Crippen molar-refractivity contribution in [3.05, 3.63) is 48.6 Å². The lowest BCUT2D eigenvalue weighted by atomic mass is 9.85. The van der Waals surface area contributed by atoms with Gasteiger partial charge in [-0.05, 0) is 44.6 Å². The highest BCUT2D eigenvalue weighted by atomic mass is 16.6. The zero-order valence-corrected chi connectivity index (χ0v) is 25.4. The predicted molar refractivity (Wildman–Crippen MR) is 157 cm³/mol. The lowest BCUT2D eigenvalue weighted by Crippen LogP contribution is -2.59. The van der Waals surface area contributed by atoms with Crippen LogP contribution in [0.15, 0.2) is 43.0 Å². The van der Waals surface area contributed by atoms with Crippen LogP contribution in [0.2, 0.25) is 0 Å². The van der Waals surface area contributed by atoms with E-state index < -0.39 is 58.7 Å². The molecule has 4 atom stereocenters. The normalized spacial score (nSPS) is 18.6. The summed E-state index contributed by atoms with van der Waals surface area (Å²) in [5.74, 6) is -2.65. The Morgan fingerprint density at radius 3 is 2.22 bits per heavy atom. The van der Waals surface area contributed by atoms with Crippen molar-refractivity contribution in [1.82, 2.24) is 20.9 Å². The summed E-state index contributed by atoms with van der Waals surface area (Å²) >= 11 is 0. The molecule has 1 fully saturated rings. The van der Waals surface area contributed by atoms with Crippen LogP contribution in [0, 0.1) is 5.41 Å². The number of alkyl carbamates (subject to hydrolysis) is 1. The number of ether oxygens (including phenoxy) is 1. The van der Waals surface area contributed by atoms with E-state index in [4.69, 9.17) is 4.74 Å². The number of rotatable bonds is 11. The van der Waals surface area contributed by atoms with Crippen molar-refractivity contribution >= 4 is 29.6 Å². The molecule has 4 amide bonds. The smallest absolute Gasteiger partial charge is 0.408 e. The van der Waals surface area contributed by atoms with Crippen molar-refractivity contribution in [1.29, 1.82) is 0 Å². The molecule has 41 heavy (non-hydrogen) atoms. The molecule has 10 nitrogen and oxygen atoms in total. The average molecular weight is 571 g/mol. The van der Waals surface area contributed by atoms with Gasteiger partial charge >= 0.3 is 6.09 Å². The van der Waals surface area contributed by atoms with Gasteiger partial charge in [0.05, 0.1) is 6.04 Å². The topological polar surface area (TPSA) is 134 Å². The molecular formula is C31H46N4O6. The number of benzene rings is 1. The van der Waals surface area contributed by atoms with Gasteiger partial charge in [0.25, 0.3) is 5.91 Å². The zero-order valence-electron chi connectivity index (χ0n) is 25.4. The van der Waals surface area contributed by atoms with Crippen molar-refractivity contribution < 1.29 is 28.7 Å². The molecule has 226 valence electrons. The molecule has 1 heterocycles. The quantitative estimate of drug-likeness (QED) is 0.276. The number of nitrogens with one attached hydrogen (secondary N) is 3. The van der Waals surface area contributed by atoms with Gasteiger partial charge in [-0.25, -0.2) is 4.79 Å². The molecule has 2 rings (SSSR count). The van der Waals surface area contributed by atoms with Crippen LogP contribution in [-0.2, 0) is 23.9 Å². The van der Waals surface area contributed by atoms with Gasteiger partial charge in [-0.15, -0.1) is 6.58 Å². The SMILES string of the molecule is C=CCNC(=O)C(=O)C(CCC)NC(=O)[C@@H]1CC(c2ccccc2)CN1C(=O)C(NC(=O)OC(C)(C)C)C(C)(C)C. The molecule has 0 spiro atoms. The van der Waals surface area contributed by atoms with E-state index in [9.17, 15) is 24.0 Å². The maximum Gasteiger partial charge on any atom is 0.408 e. The first kappa shape index (κ1) is 33.5. The van der Waals surface area contributed by atoms with Gasteiger partial charge in [0.15, 0.2) is 0 Å². The van der Waals surface area contributed by atoms with E-state index in [-0.39, 0.29) is 25.4 Å². The number of carbonyl (C=O) groups excluding carboxylic acids is 5. The van der Waals surface area contributed by atoms with Gasteiger partial charge in [0.2, 0.25) is 17.6 Å². The molecule has 10 heteroatoms. The molecule has 0 saturated carbocycles. The Morgan fingerprint density at radius 2 is 1.68 bits per heavy atom. The van der Waals surface area contributed by atoms with Crippen LogP contribution >= 0.6 is 0 Å². The number of amides is 4. The second-order valence-corrected chi connectivity index (χ2v) is 12.5. The summed E-state index contributed by atoms with van der Waals surface area (Å²) in [6.45, 7) is 16.4. The van der Waals surface area contributed by atoms with E-state index in [2.05, 4.69) is 22.5 Å². The number of likely N-dealkylation sites (tertiary alicyclic amines) is 1. The first-order valence-corrected chi connectivity index (χ1v) is 14.2. The second kappa shape index (κ2) is 14.3. The van der Waals surface area contributed by atoms with Crippen LogP contribution in [0.25, 0.3) is 0 Å². The van der Waals surface area contributed by atoms with Crippen molar-refractivity contribution in [2.75, 3.05) is 13.1 Å². The Bertz CT molecular complexity index is 1110. The summed E-state index contributed by atoms with van der Waals surface area (Å²) in [5, 5.41) is 7.92. The first-order chi connectivity index (χ1) is 19.1. The van der Waals surface area contributed by atoms with E-state index in [1.54, 1.807) is 20.8 Å². The lowest BCUT2D eigenvalue weighted by molar-refractivity contribution is -0.144. The van der Waals surface area contributed by atoms with Crippen LogP contribution in [0.1, 0.15) is 79.2 Å². The van der Waals surface area contributed by atoms with Crippen LogP contribution in [-0.4, -0.2) is 71.3 Å². The van der Waals surface area contributed by atoms with Gasteiger partial charge < -0.3 is 25.6 Å². The van der Waals surface area contributed by atoms with Gasteiger partial charge in [-0.1, -0.05) is 70.5 Å². The molecule has 1 aliphatic rings. The monoisotopic (exact) mass is 570 g/mol. The number of carbonyl (C=O) groups is 5. The number of Topliss-reactive ketones (excluding diaryl/α,β-unsaturated/α-hetero) is 1. The average Bonchev–Trinajstić information content (AvgIpc) is 3.34. The van der Waals surface area contributed by atoms with Crippen molar-refractivity contribution in [3.8, 4) is 0 Å². The van der Waals surface area contributed by atoms with Crippen molar-refractivity contribution in [2.45, 2.75) is 97.4 Å². The lowest BCUT2D eigenvalue weighted by Gasteiger charge is -2.36. The number of hydrogen-bond donors (Lipinski definition) is 3. The third kappa shape index (κ3) is 9.72. The second-order valence-electron chi connectivity index (χ2n) is 12.5. The minimum absolute atomic E-state index is 0.125. The molecule has 1 aromatic rings. The maximum absolute atomic E-state index is 14.1. The highest BCUT2D eigenvalue weighted by molar-refractivity contribution is 6.38. The van der Waals surface area contributed by atoms with Crippen LogP contribution in [0.4, 0.5) is 4.79 Å². The summed E-state index contributed by atoms with van der Waals surface area (Å²) in [6.07, 6.45) is 1.86. The fourth-order valence-electron chi connectivity index (χ4n) is 4.77. The minimum Gasteiger partial charge on any atom is -0.444 e. The van der Waals surface area contributed by atoms with Crippen LogP contribution < -0.4 is 16.0 Å². The Morgan fingerprint density at radius 1 is 1.05 bits per heavy atom. The molecule has 1 aromatic carbocycles. The first-order valence-electron chi connectivity index (χ1n) is 14.2. The van der Waals surface area contributed by atoms with Gasteiger partial charge in [0, 0.05) is 19.0 Å². The molecule has 3 N–H and O–H groups in total. The number of hydrogen-bond acceptors (Lipinski definition) is 6. The van der Waals surface area contributed by atoms with Gasteiger partial charge in [-0.2, -0.15) is 0 Å². The van der Waals surface area contributed by atoms with E-state index in [0.717, 1.165) is 5.56 Å². The highest BCUT2D eigenvalue weighted by Crippen LogP contribution is 2.34. The minimum atomic E-state index is -1.04. The molecule has 1 aliphatic heterocycles. The molecule has 0 radical (unpaired) electrons. The summed E-state index contributed by atoms with van der Waals surface area (Å²) in [4.78, 5) is 67.2. The standard InChI is InChI=1S/C31H46N4O6/c1-9-14-22(24(36)27(38)32-17-10-2)33-26(37)23-18-21(20-15-12-11-13-16-20)19-35(23)28(39)25(30(3,4)5)34-29(40)41-31(6,7)8/h10-13,15-16,21-23,25H,2,9,14,17-19H2,1,3-8H3,(H,32,38)(H,33,37)(H,34,40)/t21?,22?,23-,25?/m0/s1. The van der Waals surface area contributed by atoms with E-state index in [1.807, 2.05) is 58.0 Å². The summed E-state index contributed by atoms with van der Waals surface area (Å²) in [6, 6.07) is 6.64. The predicted octanol–water partition coefficient (Wildman–Crippen LogP) is 3.47. The number of nitrogens with zero attached hydrogens (tertiary/aromatic N) is 1. The van der Waals surface area contributed by atoms with Crippen LogP contribution in [0.3, 0.4) is 0 Å². The van der Waals surface area contributed by atoms with E-state index in [0.29, 0.717) is 12.8 Å². The summed E-state index contributed by atoms with van der Waals surface area (Å²) < 4.78 is 5.42. The summed E-state index contributed by atoms with van der Waals surface area (Å²) in [5.41, 5.74) is -0.495. The number of ketones is 1. The fraction of sp³-hybridized carbons (Fsp3) is 0.581. The molecular weight excluding hydrogens is 524 g/mol. The maximum atomic E-state index is 14.1. The summed E-state index contributed by atoms with van der Waals surface area (Å²) in [7, 11) is 0. The molecule has 1 saturated heterocycles. The molecule has 3 unspecified atom stereocenters. The van der Waals surface area contributed by atoms with E-state index in [1.165, 1.54) is 11.0 Å². The largest absolute Gasteiger partial charge is 0.444 e. The van der Waals surface area contributed by atoms with Crippen LogP contribution in [0.5, 0.6) is 0 Å². The van der Waals surface area contributed by atoms with Crippen molar-refractivity contribution in [3.63, 3.8) is 0 Å². The molecule has 0 aromatic heterocycles. The third-order valence-corrected chi connectivity index (χ3v) is 6.77. The zero-order chi connectivity index (χ0) is 31.0. The Labute approximate surface area is 243 Å². The van der Waals surface area contributed by atoms with Crippen molar-refractivity contribution in [2.24, 2.45) is 5.41 Å². The van der Waals surface area contributed by atoms with Gasteiger partial charge in [-0.3, -0.25) is 19.2 Å². The fourth-order valence-corrected chi connectivity index (χ4v) is 4.77. The Kier molecular flexibility index (Phi) is 11.7. The van der Waals surface area contributed by atoms with E-state index >= 15 is 0 Å². The highest BCUT2D eigenvalue weighted by Gasteiger charge is 2.46. The molecule has 0 aliphatic carbocycles. The van der Waals surface area contributed by atoms with Gasteiger partial charge in [0.1, 0.15) is 17.7 Å². The Hall–Kier alpha value is -3.69. The Balaban J connectivity index is 2.39. The molecule has 0 bridgehead atoms.